The van der Waals surface area contributed by atoms with Crippen LogP contribution in [0.1, 0.15) is 5.56 Å². The molecule has 1 N–H and O–H groups in total. The van der Waals surface area contributed by atoms with Crippen LogP contribution in [0.25, 0.3) is 0 Å². The Hall–Kier alpha value is -1.32. The molecule has 0 bridgehead atoms. The van der Waals surface area contributed by atoms with Gasteiger partial charge in [-0.2, -0.15) is 0 Å². The van der Waals surface area contributed by atoms with Crippen LogP contribution in [-0.4, -0.2) is 13.0 Å². The van der Waals surface area contributed by atoms with Crippen molar-refractivity contribution >= 4 is 19.0 Å². The van der Waals surface area contributed by atoms with Crippen LogP contribution in [0.2, 0.25) is 0 Å². The number of benzene rings is 1. The maximum absolute atomic E-state index is 10.1. The van der Waals surface area contributed by atoms with Crippen molar-refractivity contribution in [2.24, 2.45) is 5.18 Å². The second-order valence-corrected chi connectivity index (χ2v) is 2.29. The molecule has 0 unspecified atom stereocenters. The van der Waals surface area contributed by atoms with Crippen LogP contribution < -0.4 is 5.46 Å². The lowest BCUT2D eigenvalue weighted by molar-refractivity contribution is 0.471. The molecule has 0 saturated carbocycles. The summed E-state index contributed by atoms with van der Waals surface area (Å²) in [6.45, 7) is 1.67. The van der Waals surface area contributed by atoms with E-state index in [4.69, 9.17) is 13.0 Å². The first kappa shape index (κ1) is 7.79. The number of hydrogen-bond donors (Lipinski definition) is 1. The zero-order valence-electron chi connectivity index (χ0n) is 6.03. The van der Waals surface area contributed by atoms with Gasteiger partial charge in [-0.05, 0) is 29.8 Å². The minimum absolute atomic E-state index is 0.0786. The first-order valence-electron chi connectivity index (χ1n) is 3.07. The molecule has 0 aliphatic rings. The number of aryl methyl sites for hydroxylation is 1. The van der Waals surface area contributed by atoms with Gasteiger partial charge < -0.3 is 5.11 Å². The van der Waals surface area contributed by atoms with Crippen LogP contribution >= 0.6 is 0 Å². The van der Waals surface area contributed by atoms with Gasteiger partial charge in [0.15, 0.2) is 0 Å². The molecule has 0 aromatic heterocycles. The maximum atomic E-state index is 10.1. The van der Waals surface area contributed by atoms with Crippen LogP contribution in [0.4, 0.5) is 5.69 Å². The molecule has 1 aromatic rings. The highest BCUT2D eigenvalue weighted by atomic mass is 16.3. The summed E-state index contributed by atoms with van der Waals surface area (Å²) in [4.78, 5) is 10.1. The van der Waals surface area contributed by atoms with Crippen LogP contribution in [0, 0.1) is 11.8 Å². The highest BCUT2D eigenvalue weighted by Crippen LogP contribution is 2.19. The predicted octanol–water partition coefficient (Wildman–Crippen LogP) is 0.892. The lowest BCUT2D eigenvalue weighted by Crippen LogP contribution is -2.02. The van der Waals surface area contributed by atoms with E-state index in [1.807, 2.05) is 0 Å². The zero-order chi connectivity index (χ0) is 8.43. The summed E-state index contributed by atoms with van der Waals surface area (Å²) in [7, 11) is 5.35. The Labute approximate surface area is 65.4 Å². The summed E-state index contributed by atoms with van der Waals surface area (Å²) < 4.78 is 0. The third-order valence-corrected chi connectivity index (χ3v) is 1.44. The molecule has 0 heterocycles. The summed E-state index contributed by atoms with van der Waals surface area (Å²) in [5.41, 5.74) is 0.956. The van der Waals surface area contributed by atoms with Gasteiger partial charge in [0, 0.05) is 0 Å². The Morgan fingerprint density at radius 3 is 2.73 bits per heavy atom. The van der Waals surface area contributed by atoms with Crippen LogP contribution in [0.3, 0.4) is 0 Å². The number of hydrogen-bond acceptors (Lipinski definition) is 3. The first-order chi connectivity index (χ1) is 5.15. The molecule has 0 aliphatic heterocycles. The Bertz CT molecular complexity index is 299. The normalized spacial score (nSPS) is 9.55. The molecular weight excluding hydrogens is 141 g/mol. The second kappa shape index (κ2) is 2.74. The summed E-state index contributed by atoms with van der Waals surface area (Å²) in [5, 5.41) is 11.8. The fourth-order valence-electron chi connectivity index (χ4n) is 0.776. The molecule has 1 rings (SSSR count). The SMILES string of the molecule is [B]c1cc(O)c(C)cc1N=O. The molecule has 11 heavy (non-hydrogen) atoms. The Morgan fingerprint density at radius 2 is 2.18 bits per heavy atom. The number of aromatic hydroxyl groups is 1. The van der Waals surface area contributed by atoms with Crippen LogP contribution in [0.15, 0.2) is 17.3 Å². The molecule has 3 nitrogen and oxygen atoms in total. The highest BCUT2D eigenvalue weighted by Gasteiger charge is 2.01. The first-order valence-corrected chi connectivity index (χ1v) is 3.07. The predicted molar refractivity (Wildman–Crippen MR) is 43.7 cm³/mol. The fraction of sp³-hybridized carbons (Fsp3) is 0.143. The lowest BCUT2D eigenvalue weighted by atomic mass is 9.92. The molecule has 0 amide bonds. The van der Waals surface area contributed by atoms with Gasteiger partial charge in [-0.3, -0.25) is 0 Å². The van der Waals surface area contributed by atoms with Gasteiger partial charge in [0.2, 0.25) is 0 Å². The molecule has 2 radical (unpaired) electrons. The van der Waals surface area contributed by atoms with Crippen molar-refractivity contribution in [3.8, 4) is 5.75 Å². The number of nitrogens with zero attached hydrogens (tertiary/aromatic N) is 1. The lowest BCUT2D eigenvalue weighted by Gasteiger charge is -2.01. The molecule has 1 aromatic carbocycles. The average Bonchev–Trinajstić information content (AvgIpc) is 1.97. The van der Waals surface area contributed by atoms with E-state index in [1.54, 1.807) is 6.92 Å². The van der Waals surface area contributed by atoms with E-state index in [1.165, 1.54) is 12.1 Å². The van der Waals surface area contributed by atoms with Gasteiger partial charge in [0.05, 0.1) is 0 Å². The summed E-state index contributed by atoms with van der Waals surface area (Å²) >= 11 is 0. The Balaban J connectivity index is 3.31. The second-order valence-electron chi connectivity index (χ2n) is 2.29. The molecule has 54 valence electrons. The Kier molecular flexibility index (Phi) is 1.94. The van der Waals surface area contributed by atoms with Gasteiger partial charge in [0.25, 0.3) is 0 Å². The van der Waals surface area contributed by atoms with Gasteiger partial charge in [-0.1, -0.05) is 5.46 Å². The number of phenols is 1. The van der Waals surface area contributed by atoms with Crippen molar-refractivity contribution in [1.82, 2.24) is 0 Å². The largest absolute Gasteiger partial charge is 0.508 e. The molecule has 4 heteroatoms. The van der Waals surface area contributed by atoms with Gasteiger partial charge in [-0.25, -0.2) is 0 Å². The summed E-state index contributed by atoms with van der Waals surface area (Å²) in [6, 6.07) is 2.75. The topological polar surface area (TPSA) is 49.7 Å². The van der Waals surface area contributed by atoms with Crippen LogP contribution in [0.5, 0.6) is 5.75 Å². The van der Waals surface area contributed by atoms with E-state index in [9.17, 15) is 4.91 Å². The minimum Gasteiger partial charge on any atom is -0.508 e. The van der Waals surface area contributed by atoms with E-state index < -0.39 is 0 Å². The van der Waals surface area contributed by atoms with E-state index in [0.29, 0.717) is 5.56 Å². The monoisotopic (exact) mass is 147 g/mol. The summed E-state index contributed by atoms with van der Waals surface area (Å²) in [5.74, 6) is 0.0786. The van der Waals surface area contributed by atoms with E-state index >= 15 is 0 Å². The van der Waals surface area contributed by atoms with E-state index in [2.05, 4.69) is 5.18 Å². The van der Waals surface area contributed by atoms with Crippen molar-refractivity contribution in [2.75, 3.05) is 0 Å². The molecule has 0 aliphatic carbocycles. The Morgan fingerprint density at radius 1 is 1.55 bits per heavy atom. The standard InChI is InChI=1S/C7H6BNO2/c1-4-2-6(9-11)5(8)3-7(4)10/h2-3,10H,1H3. The van der Waals surface area contributed by atoms with Gasteiger partial charge in [-0.15, -0.1) is 4.91 Å². The zero-order valence-corrected chi connectivity index (χ0v) is 6.03. The summed E-state index contributed by atoms with van der Waals surface area (Å²) in [6.07, 6.45) is 0. The molecule has 0 atom stereocenters. The fourth-order valence-corrected chi connectivity index (χ4v) is 0.776. The maximum Gasteiger partial charge on any atom is 0.118 e. The van der Waals surface area contributed by atoms with Crippen molar-refractivity contribution in [1.29, 1.82) is 0 Å². The van der Waals surface area contributed by atoms with Crippen molar-refractivity contribution < 1.29 is 5.11 Å². The van der Waals surface area contributed by atoms with Crippen molar-refractivity contribution in [2.45, 2.75) is 6.92 Å². The third kappa shape index (κ3) is 1.39. The van der Waals surface area contributed by atoms with E-state index in [-0.39, 0.29) is 16.9 Å². The van der Waals surface area contributed by atoms with Crippen molar-refractivity contribution in [3.63, 3.8) is 0 Å². The number of nitroso groups, excluding NO2 is 1. The van der Waals surface area contributed by atoms with Gasteiger partial charge >= 0.3 is 0 Å². The smallest absolute Gasteiger partial charge is 0.118 e. The quantitative estimate of drug-likeness (QED) is 0.473. The molecule has 0 fully saturated rings. The minimum atomic E-state index is 0.0786. The van der Waals surface area contributed by atoms with Gasteiger partial charge in [0.1, 0.15) is 19.3 Å². The molecule has 0 spiro atoms. The third-order valence-electron chi connectivity index (χ3n) is 1.44. The average molecular weight is 147 g/mol. The van der Waals surface area contributed by atoms with Crippen LogP contribution in [-0.2, 0) is 0 Å². The molecular formula is C7H6BNO2. The van der Waals surface area contributed by atoms with Crippen molar-refractivity contribution in [3.05, 3.63) is 22.6 Å². The number of rotatable bonds is 1. The van der Waals surface area contributed by atoms with E-state index in [0.717, 1.165) is 0 Å². The highest BCUT2D eigenvalue weighted by molar-refractivity contribution is 6.35. The molecule has 0 saturated heterocycles. The number of phenolic OH excluding ortho intramolecular Hbond substituents is 1.